The summed E-state index contributed by atoms with van der Waals surface area (Å²) in [6.07, 6.45) is -0.429. The fourth-order valence-corrected chi connectivity index (χ4v) is 6.59. The van der Waals surface area contributed by atoms with Gasteiger partial charge in [0.25, 0.3) is 0 Å². The number of alkyl halides is 2. The van der Waals surface area contributed by atoms with Crippen LogP contribution in [0, 0.1) is 40.8 Å². The van der Waals surface area contributed by atoms with Crippen molar-refractivity contribution in [3.05, 3.63) is 107 Å². The van der Waals surface area contributed by atoms with Crippen LogP contribution >= 0.6 is 11.3 Å². The van der Waals surface area contributed by atoms with Crippen LogP contribution in [0.1, 0.15) is 49.7 Å². The Kier molecular flexibility index (Phi) is 7.85. The van der Waals surface area contributed by atoms with Crippen LogP contribution in [0.2, 0.25) is 0 Å². The van der Waals surface area contributed by atoms with Crippen LogP contribution in [-0.4, -0.2) is 4.98 Å². The molecule has 0 radical (unpaired) electrons. The molecule has 0 saturated heterocycles. The highest BCUT2D eigenvalue weighted by atomic mass is 32.1. The number of halogens is 8. The Bertz CT molecular complexity index is 1830. The molecule has 1 fully saturated rings. The van der Waals surface area contributed by atoms with E-state index in [0.29, 0.717) is 45.3 Å². The lowest BCUT2D eigenvalue weighted by Crippen LogP contribution is -2.25. The van der Waals surface area contributed by atoms with Crippen molar-refractivity contribution in [2.45, 2.75) is 44.6 Å². The van der Waals surface area contributed by atoms with Gasteiger partial charge in [-0.05, 0) is 66.1 Å². The second-order valence-corrected chi connectivity index (χ2v) is 12.1. The molecule has 0 spiro atoms. The first-order valence-electron chi connectivity index (χ1n) is 13.8. The van der Waals surface area contributed by atoms with Gasteiger partial charge < -0.3 is 4.74 Å². The van der Waals surface area contributed by atoms with Crippen molar-refractivity contribution in [2.24, 2.45) is 5.92 Å². The van der Waals surface area contributed by atoms with Gasteiger partial charge in [0, 0.05) is 23.3 Å². The monoisotopic (exact) mass is 633 g/mol. The van der Waals surface area contributed by atoms with Gasteiger partial charge in [0.1, 0.15) is 33.8 Å². The van der Waals surface area contributed by atoms with Crippen LogP contribution in [0.15, 0.2) is 60.7 Å². The number of fused-ring (bicyclic) bond motifs is 1. The highest BCUT2D eigenvalue weighted by Crippen LogP contribution is 2.41. The highest BCUT2D eigenvalue weighted by molar-refractivity contribution is 7.21. The zero-order chi connectivity index (χ0) is 31.3. The fraction of sp³-hybridized carbons (Fsp3) is 0.242. The number of aromatic nitrogens is 1. The van der Waals surface area contributed by atoms with Crippen molar-refractivity contribution >= 4 is 21.6 Å². The van der Waals surface area contributed by atoms with Crippen LogP contribution in [0.3, 0.4) is 0 Å². The third kappa shape index (κ3) is 5.77. The summed E-state index contributed by atoms with van der Waals surface area (Å²) in [5.41, 5.74) is 0.419. The average molecular weight is 634 g/mol. The normalized spacial score (nSPS) is 17.3. The van der Waals surface area contributed by atoms with Crippen LogP contribution in [0.4, 0.5) is 35.1 Å². The number of benzene rings is 4. The molecule has 2 nitrogen and oxygen atoms in total. The van der Waals surface area contributed by atoms with E-state index in [1.807, 2.05) is 6.07 Å². The van der Waals surface area contributed by atoms with E-state index in [4.69, 9.17) is 0 Å². The summed E-state index contributed by atoms with van der Waals surface area (Å²) in [4.78, 5) is 4.34. The second kappa shape index (κ2) is 11.5. The van der Waals surface area contributed by atoms with Gasteiger partial charge >= 0.3 is 6.11 Å². The number of ether oxygens (including phenoxy) is 1. The standard InChI is InChI=1S/C33H23F8NOS/c1-16-2-4-17(5-3-16)18-6-8-22(23(34)10-18)19-7-9-28-29(13-19)44-32(42-28)20-11-24(35)30(25(36)12-20)33(40,41)43-21-14-26(37)31(39)27(38)15-21/h6-17H,2-5H2,1H3. The minimum Gasteiger partial charge on any atom is -0.429 e. The topological polar surface area (TPSA) is 22.1 Å². The van der Waals surface area contributed by atoms with Crippen molar-refractivity contribution in [3.63, 3.8) is 0 Å². The van der Waals surface area contributed by atoms with Gasteiger partial charge in [-0.3, -0.25) is 0 Å². The molecule has 0 bridgehead atoms. The molecule has 0 aliphatic heterocycles. The molecule has 6 rings (SSSR count). The van der Waals surface area contributed by atoms with Gasteiger partial charge in [-0.25, -0.2) is 31.3 Å². The Morgan fingerprint density at radius 1 is 0.727 bits per heavy atom. The van der Waals surface area contributed by atoms with Crippen LogP contribution < -0.4 is 4.74 Å². The molecule has 1 heterocycles. The summed E-state index contributed by atoms with van der Waals surface area (Å²) in [5.74, 6) is -9.50. The zero-order valence-electron chi connectivity index (χ0n) is 23.0. The lowest BCUT2D eigenvalue weighted by molar-refractivity contribution is -0.189. The highest BCUT2D eigenvalue weighted by Gasteiger charge is 2.41. The maximum Gasteiger partial charge on any atom is 0.432 e. The Labute approximate surface area is 250 Å². The number of rotatable bonds is 6. The Morgan fingerprint density at radius 2 is 1.39 bits per heavy atom. The molecule has 4 aromatic carbocycles. The van der Waals surface area contributed by atoms with Crippen LogP contribution in [0.25, 0.3) is 31.9 Å². The van der Waals surface area contributed by atoms with E-state index in [1.165, 1.54) is 0 Å². The number of thiazole rings is 1. The molecule has 0 unspecified atom stereocenters. The zero-order valence-corrected chi connectivity index (χ0v) is 23.9. The van der Waals surface area contributed by atoms with Crippen molar-refractivity contribution in [1.29, 1.82) is 0 Å². The maximum absolute atomic E-state index is 15.2. The molecule has 44 heavy (non-hydrogen) atoms. The summed E-state index contributed by atoms with van der Waals surface area (Å²) in [6.45, 7) is 2.22. The van der Waals surface area contributed by atoms with E-state index in [-0.39, 0.29) is 28.5 Å². The van der Waals surface area contributed by atoms with Crippen molar-refractivity contribution in [1.82, 2.24) is 4.98 Å². The van der Waals surface area contributed by atoms with Gasteiger partial charge in [-0.15, -0.1) is 11.3 Å². The molecule has 1 saturated carbocycles. The summed E-state index contributed by atoms with van der Waals surface area (Å²) < 4.78 is 119. The second-order valence-electron chi connectivity index (χ2n) is 11.0. The van der Waals surface area contributed by atoms with Crippen molar-refractivity contribution < 1.29 is 39.9 Å². The SMILES string of the molecule is CC1CCC(c2ccc(-c3ccc4nc(-c5cc(F)c(C(F)(F)Oc6cc(F)c(F)c(F)c6)c(F)c5)sc4c3)c(F)c2)CC1. The quantitative estimate of drug-likeness (QED) is 0.137. The third-order valence-electron chi connectivity index (χ3n) is 7.96. The molecular weight excluding hydrogens is 610 g/mol. The first-order chi connectivity index (χ1) is 20.9. The molecule has 0 amide bonds. The van der Waals surface area contributed by atoms with E-state index in [1.54, 1.807) is 30.3 Å². The summed E-state index contributed by atoms with van der Waals surface area (Å²) >= 11 is 1.02. The number of hydrogen-bond acceptors (Lipinski definition) is 3. The van der Waals surface area contributed by atoms with Gasteiger partial charge in [-0.2, -0.15) is 8.78 Å². The minimum atomic E-state index is -4.71. The molecule has 0 atom stereocenters. The Hall–Kier alpha value is -3.99. The van der Waals surface area contributed by atoms with Gasteiger partial charge in [0.05, 0.1) is 10.2 Å². The Morgan fingerprint density at radius 3 is 2.02 bits per heavy atom. The fourth-order valence-electron chi connectivity index (χ4n) is 5.59. The average Bonchev–Trinajstić information content (AvgIpc) is 3.39. The molecule has 1 aliphatic carbocycles. The van der Waals surface area contributed by atoms with E-state index >= 15 is 4.39 Å². The third-order valence-corrected chi connectivity index (χ3v) is 9.03. The predicted molar refractivity (Wildman–Crippen MR) is 152 cm³/mol. The lowest BCUT2D eigenvalue weighted by Gasteiger charge is -2.26. The van der Waals surface area contributed by atoms with Crippen LogP contribution in [0.5, 0.6) is 5.75 Å². The lowest BCUT2D eigenvalue weighted by atomic mass is 9.79. The minimum absolute atomic E-state index is 0.107. The van der Waals surface area contributed by atoms with E-state index in [9.17, 15) is 30.7 Å². The number of nitrogens with zero attached hydrogens (tertiary/aromatic N) is 1. The molecule has 11 heteroatoms. The molecule has 5 aromatic rings. The molecule has 228 valence electrons. The van der Waals surface area contributed by atoms with E-state index in [0.717, 1.165) is 42.6 Å². The summed E-state index contributed by atoms with van der Waals surface area (Å²) in [5, 5.41) is 0.107. The first kappa shape index (κ1) is 30.1. The van der Waals surface area contributed by atoms with Gasteiger partial charge in [0.15, 0.2) is 17.5 Å². The van der Waals surface area contributed by atoms with E-state index in [2.05, 4.69) is 16.6 Å². The molecule has 1 aliphatic rings. The van der Waals surface area contributed by atoms with Crippen molar-refractivity contribution in [3.8, 4) is 27.4 Å². The first-order valence-corrected chi connectivity index (χ1v) is 14.6. The van der Waals surface area contributed by atoms with Crippen molar-refractivity contribution in [2.75, 3.05) is 0 Å². The van der Waals surface area contributed by atoms with Crippen LogP contribution in [-0.2, 0) is 6.11 Å². The summed E-state index contributed by atoms with van der Waals surface area (Å²) in [7, 11) is 0. The number of hydrogen-bond donors (Lipinski definition) is 0. The maximum atomic E-state index is 15.2. The molecular formula is C33H23F8NOS. The predicted octanol–water partition coefficient (Wildman–Crippen LogP) is 10.9. The van der Waals surface area contributed by atoms with Gasteiger partial charge in [-0.1, -0.05) is 38.0 Å². The molecule has 1 aromatic heterocycles. The molecule has 0 N–H and O–H groups in total. The Balaban J connectivity index is 1.27. The largest absolute Gasteiger partial charge is 0.432 e. The van der Waals surface area contributed by atoms with E-state index < -0.39 is 46.5 Å². The van der Waals surface area contributed by atoms with Gasteiger partial charge in [0.2, 0.25) is 0 Å². The summed E-state index contributed by atoms with van der Waals surface area (Å²) in [6, 6.07) is 11.8. The smallest absolute Gasteiger partial charge is 0.429 e.